The second kappa shape index (κ2) is 7.19. The smallest absolute Gasteiger partial charge is 0.252 e. The minimum Gasteiger partial charge on any atom is -0.343 e. The number of para-hydroxylation sites is 1. The largest absolute Gasteiger partial charge is 0.343 e. The van der Waals surface area contributed by atoms with Crippen molar-refractivity contribution < 1.29 is 14.0 Å². The van der Waals surface area contributed by atoms with Crippen LogP contribution in [0.1, 0.15) is 29.3 Å². The van der Waals surface area contributed by atoms with Gasteiger partial charge in [-0.05, 0) is 25.5 Å². The van der Waals surface area contributed by atoms with Crippen LogP contribution in [0.5, 0.6) is 0 Å². The number of fused-ring (bicyclic) bond motifs is 1. The molecule has 1 aromatic carbocycles. The molecule has 1 unspecified atom stereocenters. The summed E-state index contributed by atoms with van der Waals surface area (Å²) in [5.74, 6) is -0.764. The van der Waals surface area contributed by atoms with E-state index in [1.165, 1.54) is 4.90 Å². The van der Waals surface area contributed by atoms with E-state index in [-0.39, 0.29) is 37.0 Å². The third-order valence-electron chi connectivity index (χ3n) is 4.69. The molecule has 2 N–H and O–H groups in total. The molecule has 2 amide bonds. The van der Waals surface area contributed by atoms with E-state index < -0.39 is 12.2 Å². The number of aryl methyl sites for hydroxylation is 1. The monoisotopic (exact) mass is 356 g/mol. The lowest BCUT2D eigenvalue weighted by molar-refractivity contribution is -0.130. The summed E-state index contributed by atoms with van der Waals surface area (Å²) in [4.78, 5) is 30.6. The molecule has 0 spiro atoms. The average molecular weight is 356 g/mol. The first-order valence-corrected chi connectivity index (χ1v) is 8.49. The summed E-state index contributed by atoms with van der Waals surface area (Å²) in [6.45, 7) is 3.21. The Kier molecular flexibility index (Phi) is 4.97. The number of carbonyl (C=O) groups is 2. The van der Waals surface area contributed by atoms with Crippen molar-refractivity contribution >= 4 is 28.4 Å². The molecule has 136 valence electrons. The van der Waals surface area contributed by atoms with Gasteiger partial charge in [0.2, 0.25) is 5.91 Å². The van der Waals surface area contributed by atoms with Crippen molar-refractivity contribution in [3.05, 3.63) is 41.6 Å². The number of nitrogens with zero attached hydrogens (tertiary/aromatic N) is 2. The minimum atomic E-state index is -1.13. The summed E-state index contributed by atoms with van der Waals surface area (Å²) < 4.78 is 13.6. The van der Waals surface area contributed by atoms with Gasteiger partial charge < -0.3 is 15.6 Å². The summed E-state index contributed by atoms with van der Waals surface area (Å²) in [5, 5.41) is 11.0. The van der Waals surface area contributed by atoms with E-state index in [9.17, 15) is 14.0 Å². The van der Waals surface area contributed by atoms with E-state index in [2.05, 4.69) is 10.3 Å². The fourth-order valence-corrected chi connectivity index (χ4v) is 3.35. The van der Waals surface area contributed by atoms with Gasteiger partial charge in [-0.25, -0.2) is 4.39 Å². The number of nitrogens with one attached hydrogen (secondary N) is 2. The molecular formula is C19H21FN4O2. The third-order valence-corrected chi connectivity index (χ3v) is 4.69. The molecule has 26 heavy (non-hydrogen) atoms. The Hall–Kier alpha value is -2.83. The first kappa shape index (κ1) is 18.0. The number of amides is 2. The molecule has 0 radical (unpaired) electrons. The maximum absolute atomic E-state index is 13.6. The highest BCUT2D eigenvalue weighted by Crippen LogP contribution is 2.22. The Morgan fingerprint density at radius 2 is 2.15 bits per heavy atom. The molecule has 7 heteroatoms. The number of halogens is 1. The van der Waals surface area contributed by atoms with Crippen LogP contribution in [-0.2, 0) is 4.79 Å². The van der Waals surface area contributed by atoms with Gasteiger partial charge in [0.25, 0.3) is 5.91 Å². The lowest BCUT2D eigenvalue weighted by Gasteiger charge is -2.23. The number of aromatic nitrogens is 1. The maximum atomic E-state index is 13.6. The molecule has 1 fully saturated rings. The molecule has 2 aromatic rings. The van der Waals surface area contributed by atoms with E-state index in [0.29, 0.717) is 5.56 Å². The number of hydrogen-bond donors (Lipinski definition) is 2. The van der Waals surface area contributed by atoms with Crippen LogP contribution in [-0.4, -0.2) is 52.7 Å². The highest BCUT2D eigenvalue weighted by molar-refractivity contribution is 6.07. The Morgan fingerprint density at radius 1 is 1.38 bits per heavy atom. The van der Waals surface area contributed by atoms with E-state index in [1.807, 2.05) is 25.1 Å². The van der Waals surface area contributed by atoms with Crippen molar-refractivity contribution in [1.82, 2.24) is 15.2 Å². The zero-order valence-corrected chi connectivity index (χ0v) is 14.8. The lowest BCUT2D eigenvalue weighted by Crippen LogP contribution is -2.45. The van der Waals surface area contributed by atoms with Crippen LogP contribution in [0.4, 0.5) is 4.39 Å². The van der Waals surface area contributed by atoms with Crippen molar-refractivity contribution in [2.45, 2.75) is 32.5 Å². The van der Waals surface area contributed by atoms with Crippen molar-refractivity contribution in [2.75, 3.05) is 13.1 Å². The van der Waals surface area contributed by atoms with Crippen molar-refractivity contribution in [2.24, 2.45) is 0 Å². The molecule has 0 bridgehead atoms. The number of likely N-dealkylation sites (tertiary alicyclic amines) is 1. The van der Waals surface area contributed by atoms with Crippen molar-refractivity contribution in [3.63, 3.8) is 0 Å². The Morgan fingerprint density at radius 3 is 2.88 bits per heavy atom. The maximum Gasteiger partial charge on any atom is 0.252 e. The van der Waals surface area contributed by atoms with E-state index in [4.69, 9.17) is 5.41 Å². The predicted molar refractivity (Wildman–Crippen MR) is 97.2 cm³/mol. The molecule has 6 nitrogen and oxygen atoms in total. The van der Waals surface area contributed by atoms with E-state index >= 15 is 0 Å². The minimum absolute atomic E-state index is 0.0347. The summed E-state index contributed by atoms with van der Waals surface area (Å²) in [6.07, 6.45) is 0.574. The molecule has 1 aromatic heterocycles. The third kappa shape index (κ3) is 3.42. The molecule has 2 heterocycles. The molecule has 1 aliphatic rings. The van der Waals surface area contributed by atoms with Gasteiger partial charge in [-0.3, -0.25) is 14.6 Å². The van der Waals surface area contributed by atoms with Gasteiger partial charge in [0.1, 0.15) is 6.17 Å². The van der Waals surface area contributed by atoms with E-state index in [0.717, 1.165) is 16.5 Å². The topological polar surface area (TPSA) is 86.2 Å². The number of alkyl halides is 1. The van der Waals surface area contributed by atoms with E-state index in [1.54, 1.807) is 19.2 Å². The van der Waals surface area contributed by atoms with Gasteiger partial charge in [-0.1, -0.05) is 18.2 Å². The van der Waals surface area contributed by atoms with Gasteiger partial charge in [-0.15, -0.1) is 0 Å². The van der Waals surface area contributed by atoms with Gasteiger partial charge in [-0.2, -0.15) is 0 Å². The number of pyridine rings is 1. The zero-order valence-electron chi connectivity index (χ0n) is 14.8. The summed E-state index contributed by atoms with van der Waals surface area (Å²) in [7, 11) is 0. The van der Waals surface area contributed by atoms with Gasteiger partial charge >= 0.3 is 0 Å². The normalized spacial score (nSPS) is 19.6. The lowest BCUT2D eigenvalue weighted by atomic mass is 10.1. The molecule has 2 atom stereocenters. The molecule has 0 saturated carbocycles. The van der Waals surface area contributed by atoms with Crippen molar-refractivity contribution in [1.29, 1.82) is 5.41 Å². The van der Waals surface area contributed by atoms with Gasteiger partial charge in [0.15, 0.2) is 0 Å². The quantitative estimate of drug-likeness (QED) is 0.824. The standard InChI is InChI=1S/C19H21FN4O2/c1-11-4-3-5-14-15(6-7-22-18(11)14)19(26)23-9-17(25)24-10-13(20)8-16(24)12(2)21/h3-7,13,16,21H,8-10H2,1-2H3,(H,23,26)/t13?,16-/m0/s1. The Labute approximate surface area is 150 Å². The highest BCUT2D eigenvalue weighted by atomic mass is 19.1. The fraction of sp³-hybridized carbons (Fsp3) is 0.368. The van der Waals surface area contributed by atoms with Crippen LogP contribution in [0.25, 0.3) is 10.9 Å². The summed E-state index contributed by atoms with van der Waals surface area (Å²) in [6, 6.07) is 6.67. The van der Waals surface area contributed by atoms with Gasteiger partial charge in [0, 0.05) is 23.7 Å². The van der Waals surface area contributed by atoms with Crippen LogP contribution >= 0.6 is 0 Å². The summed E-state index contributed by atoms with van der Waals surface area (Å²) >= 11 is 0. The van der Waals surface area contributed by atoms with Gasteiger partial charge in [0.05, 0.1) is 30.2 Å². The number of hydrogen-bond acceptors (Lipinski definition) is 4. The molecule has 1 aliphatic heterocycles. The molecule has 0 aliphatic carbocycles. The molecule has 1 saturated heterocycles. The molecule has 3 rings (SSSR count). The number of carbonyl (C=O) groups excluding carboxylic acids is 2. The SMILES string of the molecule is CC(=N)[C@@H]1CC(F)CN1C(=O)CNC(=O)c1ccnc2c(C)cccc12. The second-order valence-electron chi connectivity index (χ2n) is 6.59. The van der Waals surface area contributed by atoms with Crippen molar-refractivity contribution in [3.8, 4) is 0 Å². The zero-order chi connectivity index (χ0) is 18.8. The highest BCUT2D eigenvalue weighted by Gasteiger charge is 2.36. The van der Waals surface area contributed by atoms with Crippen LogP contribution in [0, 0.1) is 12.3 Å². The van der Waals surface area contributed by atoms with Crippen LogP contribution in [0.3, 0.4) is 0 Å². The van der Waals surface area contributed by atoms with Crippen LogP contribution in [0.2, 0.25) is 0 Å². The van der Waals surface area contributed by atoms with Crippen LogP contribution < -0.4 is 5.32 Å². The Balaban J connectivity index is 1.72. The molecular weight excluding hydrogens is 335 g/mol. The number of rotatable bonds is 4. The Bertz CT molecular complexity index is 883. The predicted octanol–water partition coefficient (Wildman–Crippen LogP) is 2.25. The summed E-state index contributed by atoms with van der Waals surface area (Å²) in [5.41, 5.74) is 2.39. The fourth-order valence-electron chi connectivity index (χ4n) is 3.35. The second-order valence-corrected chi connectivity index (χ2v) is 6.59. The average Bonchev–Trinajstić information content (AvgIpc) is 3.01. The first-order valence-electron chi connectivity index (χ1n) is 8.49. The van der Waals surface area contributed by atoms with Crippen LogP contribution in [0.15, 0.2) is 30.5 Å². The first-order chi connectivity index (χ1) is 12.4. The number of benzene rings is 1.